The molecule has 1 aromatic carbocycles. The topological polar surface area (TPSA) is 126 Å². The van der Waals surface area contributed by atoms with Crippen LogP contribution in [0.15, 0.2) is 18.2 Å². The molecule has 1 atom stereocenters. The number of nitriles is 1. The number of aromatic nitrogens is 4. The molecule has 0 saturated carbocycles. The molecule has 0 aliphatic carbocycles. The van der Waals surface area contributed by atoms with Gasteiger partial charge in [0.05, 0.1) is 18.8 Å². The zero-order valence-corrected chi connectivity index (χ0v) is 13.0. The highest BCUT2D eigenvalue weighted by molar-refractivity contribution is 5.90. The molecule has 11 heteroatoms. The first-order valence-corrected chi connectivity index (χ1v) is 7.20. The standard InChI is InChI=1S/C14H12FN7O3/c1-8(23)17-6-10-7-21(14(24)25-10)9-2-3-12(11(15)4-9)22-19-13(5-16)18-20-22/h2-4,10H,6-7H2,1H3,(H,17,23)/t10-/m0/s1. The number of hydrogen-bond acceptors (Lipinski definition) is 7. The maximum absolute atomic E-state index is 14.3. The molecule has 1 aliphatic heterocycles. The Balaban J connectivity index is 1.77. The number of tetrazole rings is 1. The number of rotatable bonds is 4. The zero-order valence-electron chi connectivity index (χ0n) is 13.0. The lowest BCUT2D eigenvalue weighted by Gasteiger charge is -2.14. The van der Waals surface area contributed by atoms with Gasteiger partial charge in [-0.2, -0.15) is 5.26 Å². The largest absolute Gasteiger partial charge is 0.442 e. The quantitative estimate of drug-likeness (QED) is 0.835. The van der Waals surface area contributed by atoms with E-state index in [1.807, 2.05) is 0 Å². The molecule has 2 amide bonds. The minimum absolute atomic E-state index is 0.0138. The van der Waals surface area contributed by atoms with E-state index in [0.717, 1.165) is 10.9 Å². The molecule has 10 nitrogen and oxygen atoms in total. The van der Waals surface area contributed by atoms with Crippen LogP contribution in [-0.4, -0.2) is 51.4 Å². The van der Waals surface area contributed by atoms with E-state index in [2.05, 4.69) is 20.7 Å². The van der Waals surface area contributed by atoms with Crippen LogP contribution < -0.4 is 10.2 Å². The Hall–Kier alpha value is -3.55. The average Bonchev–Trinajstić information content (AvgIpc) is 3.19. The Bertz CT molecular complexity index is 876. The summed E-state index contributed by atoms with van der Waals surface area (Å²) < 4.78 is 19.5. The van der Waals surface area contributed by atoms with E-state index >= 15 is 0 Å². The fourth-order valence-electron chi connectivity index (χ4n) is 2.28. The number of benzene rings is 1. The number of carbonyl (C=O) groups excluding carboxylic acids is 2. The van der Waals surface area contributed by atoms with E-state index in [9.17, 15) is 14.0 Å². The minimum Gasteiger partial charge on any atom is -0.442 e. The number of nitrogens with one attached hydrogen (secondary N) is 1. The smallest absolute Gasteiger partial charge is 0.414 e. The van der Waals surface area contributed by atoms with Crippen LogP contribution in [0.4, 0.5) is 14.9 Å². The van der Waals surface area contributed by atoms with Gasteiger partial charge < -0.3 is 10.1 Å². The molecule has 3 rings (SSSR count). The SMILES string of the molecule is CC(=O)NC[C@H]1CN(c2ccc(-n3nnc(C#N)n3)c(F)c2)C(=O)O1. The monoisotopic (exact) mass is 345 g/mol. The Labute approximate surface area is 140 Å². The number of halogens is 1. The van der Waals surface area contributed by atoms with Gasteiger partial charge in [-0.15, -0.1) is 9.90 Å². The van der Waals surface area contributed by atoms with Crippen molar-refractivity contribution in [2.24, 2.45) is 0 Å². The molecule has 1 saturated heterocycles. The van der Waals surface area contributed by atoms with E-state index in [0.29, 0.717) is 0 Å². The van der Waals surface area contributed by atoms with Crippen molar-refractivity contribution in [2.75, 3.05) is 18.0 Å². The summed E-state index contributed by atoms with van der Waals surface area (Å²) in [5.41, 5.74) is 0.275. The lowest BCUT2D eigenvalue weighted by Crippen LogP contribution is -2.33. The average molecular weight is 345 g/mol. The Morgan fingerprint density at radius 1 is 1.56 bits per heavy atom. The van der Waals surface area contributed by atoms with Gasteiger partial charge >= 0.3 is 6.09 Å². The van der Waals surface area contributed by atoms with Gasteiger partial charge in [-0.05, 0) is 17.3 Å². The molecule has 1 aromatic heterocycles. The van der Waals surface area contributed by atoms with Crippen molar-refractivity contribution in [3.05, 3.63) is 29.8 Å². The number of cyclic esters (lactones) is 1. The number of ether oxygens (including phenoxy) is 1. The third-order valence-corrected chi connectivity index (χ3v) is 3.42. The van der Waals surface area contributed by atoms with Crippen LogP contribution in [0, 0.1) is 17.1 Å². The fourth-order valence-corrected chi connectivity index (χ4v) is 2.28. The van der Waals surface area contributed by atoms with Gasteiger partial charge in [0.1, 0.15) is 17.9 Å². The van der Waals surface area contributed by atoms with Crippen LogP contribution in [0.5, 0.6) is 0 Å². The molecule has 1 aliphatic rings. The van der Waals surface area contributed by atoms with Crippen LogP contribution >= 0.6 is 0 Å². The van der Waals surface area contributed by atoms with Gasteiger partial charge in [-0.25, -0.2) is 9.18 Å². The summed E-state index contributed by atoms with van der Waals surface area (Å²) in [5.74, 6) is -1.12. The maximum Gasteiger partial charge on any atom is 0.414 e. The van der Waals surface area contributed by atoms with E-state index < -0.39 is 18.0 Å². The van der Waals surface area contributed by atoms with Gasteiger partial charge in [0.15, 0.2) is 5.82 Å². The Morgan fingerprint density at radius 3 is 3.00 bits per heavy atom. The molecule has 0 bridgehead atoms. The summed E-state index contributed by atoms with van der Waals surface area (Å²) in [6, 6.07) is 5.69. The van der Waals surface area contributed by atoms with Gasteiger partial charge in [0, 0.05) is 13.0 Å². The molecule has 0 radical (unpaired) electrons. The zero-order chi connectivity index (χ0) is 18.0. The molecular formula is C14H12FN7O3. The molecule has 0 spiro atoms. The molecule has 25 heavy (non-hydrogen) atoms. The third-order valence-electron chi connectivity index (χ3n) is 3.42. The highest BCUT2D eigenvalue weighted by Crippen LogP contribution is 2.24. The van der Waals surface area contributed by atoms with Gasteiger partial charge in [0.25, 0.3) is 5.82 Å². The molecule has 1 fully saturated rings. The summed E-state index contributed by atoms with van der Waals surface area (Å²) in [5, 5.41) is 22.0. The van der Waals surface area contributed by atoms with Crippen LogP contribution in [0.3, 0.4) is 0 Å². The summed E-state index contributed by atoms with van der Waals surface area (Å²) in [6.45, 7) is 1.72. The van der Waals surface area contributed by atoms with Crippen molar-refractivity contribution in [1.82, 2.24) is 25.5 Å². The summed E-state index contributed by atoms with van der Waals surface area (Å²) in [7, 11) is 0. The first-order chi connectivity index (χ1) is 12.0. The maximum atomic E-state index is 14.3. The van der Waals surface area contributed by atoms with Crippen molar-refractivity contribution in [1.29, 1.82) is 5.26 Å². The van der Waals surface area contributed by atoms with Crippen molar-refractivity contribution >= 4 is 17.7 Å². The number of carbonyl (C=O) groups is 2. The molecule has 2 aromatic rings. The summed E-state index contributed by atoms with van der Waals surface area (Å²) >= 11 is 0. The molecule has 1 N–H and O–H groups in total. The molecule has 2 heterocycles. The number of nitrogens with zero attached hydrogens (tertiary/aromatic N) is 6. The highest BCUT2D eigenvalue weighted by Gasteiger charge is 2.32. The normalized spacial score (nSPS) is 16.4. The Morgan fingerprint density at radius 2 is 2.36 bits per heavy atom. The first-order valence-electron chi connectivity index (χ1n) is 7.20. The lowest BCUT2D eigenvalue weighted by atomic mass is 10.2. The van der Waals surface area contributed by atoms with Crippen LogP contribution in [0.25, 0.3) is 5.69 Å². The lowest BCUT2D eigenvalue weighted by molar-refractivity contribution is -0.119. The minimum atomic E-state index is -0.697. The third kappa shape index (κ3) is 3.37. The van der Waals surface area contributed by atoms with Gasteiger partial charge in [-0.1, -0.05) is 5.10 Å². The van der Waals surface area contributed by atoms with Crippen LogP contribution in [0.1, 0.15) is 12.7 Å². The summed E-state index contributed by atoms with van der Waals surface area (Å²) in [6.07, 6.45) is -1.15. The molecular weight excluding hydrogens is 333 g/mol. The van der Waals surface area contributed by atoms with Crippen LogP contribution in [0.2, 0.25) is 0 Å². The second-order valence-corrected chi connectivity index (χ2v) is 5.20. The molecule has 128 valence electrons. The molecule has 0 unspecified atom stereocenters. The highest BCUT2D eigenvalue weighted by atomic mass is 19.1. The predicted octanol–water partition coefficient (Wildman–Crippen LogP) is 0.134. The van der Waals surface area contributed by atoms with E-state index in [-0.39, 0.29) is 36.2 Å². The number of hydrogen-bond donors (Lipinski definition) is 1. The fraction of sp³-hybridized carbons (Fsp3) is 0.286. The van der Waals surface area contributed by atoms with E-state index in [1.54, 1.807) is 6.07 Å². The second kappa shape index (κ2) is 6.52. The number of anilines is 1. The van der Waals surface area contributed by atoms with Crippen molar-refractivity contribution in [3.8, 4) is 11.8 Å². The van der Waals surface area contributed by atoms with Crippen molar-refractivity contribution in [2.45, 2.75) is 13.0 Å². The van der Waals surface area contributed by atoms with Gasteiger partial charge in [0.2, 0.25) is 5.91 Å². The van der Waals surface area contributed by atoms with Crippen molar-refractivity contribution < 1.29 is 18.7 Å². The number of amides is 2. The van der Waals surface area contributed by atoms with E-state index in [4.69, 9.17) is 10.00 Å². The Kier molecular flexibility index (Phi) is 4.25. The van der Waals surface area contributed by atoms with Crippen LogP contribution in [-0.2, 0) is 9.53 Å². The summed E-state index contributed by atoms with van der Waals surface area (Å²) in [4.78, 5) is 25.0. The van der Waals surface area contributed by atoms with E-state index in [1.165, 1.54) is 24.0 Å². The predicted molar refractivity (Wildman–Crippen MR) is 80.1 cm³/mol. The van der Waals surface area contributed by atoms with Crippen molar-refractivity contribution in [3.63, 3.8) is 0 Å². The second-order valence-electron chi connectivity index (χ2n) is 5.20. The van der Waals surface area contributed by atoms with Gasteiger partial charge in [-0.3, -0.25) is 9.69 Å². The first kappa shape index (κ1) is 16.3.